The Balaban J connectivity index is 2.00. The molecule has 0 saturated carbocycles. The highest BCUT2D eigenvalue weighted by molar-refractivity contribution is 9.10. The van der Waals surface area contributed by atoms with Gasteiger partial charge in [0.2, 0.25) is 0 Å². The van der Waals surface area contributed by atoms with E-state index in [4.69, 9.17) is 5.73 Å². The van der Waals surface area contributed by atoms with Gasteiger partial charge in [-0.05, 0) is 44.9 Å². The van der Waals surface area contributed by atoms with E-state index in [-0.39, 0.29) is 6.04 Å². The number of rotatable bonds is 2. The van der Waals surface area contributed by atoms with Crippen LogP contribution in [0.4, 0.5) is 0 Å². The molecule has 4 heteroatoms. The number of benzene rings is 1. The molecular formula is C14H14BrNOS. The van der Waals surface area contributed by atoms with Crippen molar-refractivity contribution in [1.82, 2.24) is 0 Å². The lowest BCUT2D eigenvalue weighted by atomic mass is 9.91. The van der Waals surface area contributed by atoms with Crippen molar-refractivity contribution in [3.63, 3.8) is 0 Å². The monoisotopic (exact) mass is 323 g/mol. The van der Waals surface area contributed by atoms with Crippen LogP contribution in [0.15, 0.2) is 40.2 Å². The van der Waals surface area contributed by atoms with Gasteiger partial charge in [-0.25, -0.2) is 0 Å². The van der Waals surface area contributed by atoms with E-state index in [0.717, 1.165) is 15.6 Å². The molecule has 94 valence electrons. The fraction of sp³-hybridized carbons (Fsp3) is 0.286. The minimum absolute atomic E-state index is 0.0649. The summed E-state index contributed by atoms with van der Waals surface area (Å²) in [5, 5.41) is 12.9. The lowest BCUT2D eigenvalue weighted by Gasteiger charge is -2.23. The van der Waals surface area contributed by atoms with Gasteiger partial charge in [0.1, 0.15) is 0 Å². The zero-order valence-electron chi connectivity index (χ0n) is 9.77. The van der Waals surface area contributed by atoms with Gasteiger partial charge in [-0.2, -0.15) is 0 Å². The molecule has 1 aromatic heterocycles. The molecule has 2 aromatic rings. The molecule has 1 heterocycles. The van der Waals surface area contributed by atoms with Crippen LogP contribution < -0.4 is 5.73 Å². The van der Waals surface area contributed by atoms with E-state index in [9.17, 15) is 5.11 Å². The Kier molecular flexibility index (Phi) is 3.06. The van der Waals surface area contributed by atoms with Crippen LogP contribution in [0.1, 0.15) is 28.5 Å². The van der Waals surface area contributed by atoms with E-state index in [2.05, 4.69) is 15.9 Å². The van der Waals surface area contributed by atoms with Gasteiger partial charge in [0.25, 0.3) is 0 Å². The highest BCUT2D eigenvalue weighted by Gasteiger charge is 2.41. The first kappa shape index (κ1) is 12.4. The van der Waals surface area contributed by atoms with Gasteiger partial charge >= 0.3 is 0 Å². The highest BCUT2D eigenvalue weighted by atomic mass is 79.9. The summed E-state index contributed by atoms with van der Waals surface area (Å²) in [4.78, 5) is 1.17. The van der Waals surface area contributed by atoms with E-state index in [0.29, 0.717) is 12.8 Å². The number of fused-ring (bicyclic) bond motifs is 1. The van der Waals surface area contributed by atoms with Crippen LogP contribution in [0.2, 0.25) is 0 Å². The van der Waals surface area contributed by atoms with Gasteiger partial charge in [-0.15, -0.1) is 11.3 Å². The SMILES string of the molecule is NC1CC(O)(Cc2sccc2Br)c2ccccc21. The average Bonchev–Trinajstić information content (AvgIpc) is 2.84. The molecule has 1 aromatic carbocycles. The minimum atomic E-state index is -0.830. The van der Waals surface area contributed by atoms with Crippen LogP contribution in [-0.4, -0.2) is 5.11 Å². The first-order chi connectivity index (χ1) is 8.60. The Morgan fingerprint density at radius 3 is 2.89 bits per heavy atom. The predicted molar refractivity (Wildman–Crippen MR) is 77.6 cm³/mol. The van der Waals surface area contributed by atoms with Crippen molar-refractivity contribution < 1.29 is 5.11 Å². The molecule has 0 fully saturated rings. The van der Waals surface area contributed by atoms with Crippen molar-refractivity contribution in [1.29, 1.82) is 0 Å². The van der Waals surface area contributed by atoms with Crippen molar-refractivity contribution in [3.8, 4) is 0 Å². The second-order valence-corrected chi connectivity index (χ2v) is 6.65. The fourth-order valence-corrected chi connectivity index (χ4v) is 4.31. The maximum Gasteiger partial charge on any atom is 0.0966 e. The van der Waals surface area contributed by atoms with E-state index in [1.807, 2.05) is 35.7 Å². The van der Waals surface area contributed by atoms with E-state index < -0.39 is 5.60 Å². The molecule has 1 aliphatic carbocycles. The number of hydrogen-bond donors (Lipinski definition) is 2. The number of aliphatic hydroxyl groups is 1. The second kappa shape index (κ2) is 4.46. The molecular weight excluding hydrogens is 310 g/mol. The predicted octanol–water partition coefficient (Wildman–Crippen LogP) is 3.34. The lowest BCUT2D eigenvalue weighted by molar-refractivity contribution is 0.0348. The third kappa shape index (κ3) is 1.93. The summed E-state index contributed by atoms with van der Waals surface area (Å²) in [6.07, 6.45) is 1.21. The van der Waals surface area contributed by atoms with Crippen molar-refractivity contribution in [3.05, 3.63) is 56.2 Å². The summed E-state index contributed by atoms with van der Waals surface area (Å²) >= 11 is 5.18. The molecule has 0 amide bonds. The molecule has 0 aliphatic heterocycles. The first-order valence-electron chi connectivity index (χ1n) is 5.89. The molecule has 0 spiro atoms. The van der Waals surface area contributed by atoms with Crippen LogP contribution in [-0.2, 0) is 12.0 Å². The summed E-state index contributed by atoms with van der Waals surface area (Å²) in [5.41, 5.74) is 7.35. The summed E-state index contributed by atoms with van der Waals surface area (Å²) in [5.74, 6) is 0. The summed E-state index contributed by atoms with van der Waals surface area (Å²) in [6.45, 7) is 0. The molecule has 2 nitrogen and oxygen atoms in total. The van der Waals surface area contributed by atoms with Crippen LogP contribution in [0.3, 0.4) is 0 Å². The zero-order valence-corrected chi connectivity index (χ0v) is 12.2. The molecule has 2 atom stereocenters. The molecule has 2 unspecified atom stereocenters. The fourth-order valence-electron chi connectivity index (χ4n) is 2.71. The Labute approximate surface area is 119 Å². The van der Waals surface area contributed by atoms with Crippen molar-refractivity contribution in [2.45, 2.75) is 24.5 Å². The largest absolute Gasteiger partial charge is 0.385 e. The smallest absolute Gasteiger partial charge is 0.0966 e. The number of halogens is 1. The van der Waals surface area contributed by atoms with Gasteiger partial charge in [0.15, 0.2) is 0 Å². The molecule has 3 rings (SSSR count). The van der Waals surface area contributed by atoms with Crippen LogP contribution in [0, 0.1) is 0 Å². The maximum atomic E-state index is 10.9. The standard InChI is InChI=1S/C14H14BrNOS/c15-11-5-6-18-13(11)8-14(17)7-12(16)9-3-1-2-4-10(9)14/h1-6,12,17H,7-8,16H2. The van der Waals surface area contributed by atoms with Crippen molar-refractivity contribution in [2.75, 3.05) is 0 Å². The third-order valence-corrected chi connectivity index (χ3v) is 5.49. The molecule has 18 heavy (non-hydrogen) atoms. The first-order valence-corrected chi connectivity index (χ1v) is 7.57. The number of nitrogens with two attached hydrogens (primary N) is 1. The van der Waals surface area contributed by atoms with Gasteiger partial charge in [0.05, 0.1) is 5.60 Å². The topological polar surface area (TPSA) is 46.2 Å². The lowest BCUT2D eigenvalue weighted by Crippen LogP contribution is -2.26. The normalized spacial score (nSPS) is 26.3. The van der Waals surface area contributed by atoms with E-state index in [1.165, 1.54) is 4.88 Å². The van der Waals surface area contributed by atoms with Crippen molar-refractivity contribution >= 4 is 27.3 Å². The summed E-state index contributed by atoms with van der Waals surface area (Å²) in [6, 6.07) is 9.90. The highest BCUT2D eigenvalue weighted by Crippen LogP contribution is 2.45. The number of hydrogen-bond acceptors (Lipinski definition) is 3. The molecule has 3 N–H and O–H groups in total. The molecule has 1 aliphatic rings. The molecule has 0 radical (unpaired) electrons. The molecule has 0 bridgehead atoms. The second-order valence-electron chi connectivity index (χ2n) is 4.80. The Bertz CT molecular complexity index is 583. The van der Waals surface area contributed by atoms with Gasteiger partial charge < -0.3 is 10.8 Å². The van der Waals surface area contributed by atoms with E-state index >= 15 is 0 Å². The quantitative estimate of drug-likeness (QED) is 0.890. The van der Waals surface area contributed by atoms with E-state index in [1.54, 1.807) is 11.3 Å². The Hall–Kier alpha value is -0.680. The molecule has 0 saturated heterocycles. The van der Waals surface area contributed by atoms with Gasteiger partial charge in [-0.3, -0.25) is 0 Å². The zero-order chi connectivity index (χ0) is 12.8. The van der Waals surface area contributed by atoms with Crippen LogP contribution >= 0.6 is 27.3 Å². The Morgan fingerprint density at radius 2 is 2.17 bits per heavy atom. The summed E-state index contributed by atoms with van der Waals surface area (Å²) < 4.78 is 1.07. The minimum Gasteiger partial charge on any atom is -0.385 e. The Morgan fingerprint density at radius 1 is 1.39 bits per heavy atom. The van der Waals surface area contributed by atoms with Crippen molar-refractivity contribution in [2.24, 2.45) is 5.73 Å². The summed E-state index contributed by atoms with van der Waals surface area (Å²) in [7, 11) is 0. The number of thiophene rings is 1. The average molecular weight is 324 g/mol. The maximum absolute atomic E-state index is 10.9. The van der Waals surface area contributed by atoms with Crippen LogP contribution in [0.25, 0.3) is 0 Å². The van der Waals surface area contributed by atoms with Crippen LogP contribution in [0.5, 0.6) is 0 Å². The van der Waals surface area contributed by atoms with Gasteiger partial charge in [-0.1, -0.05) is 24.3 Å². The van der Waals surface area contributed by atoms with Gasteiger partial charge in [0, 0.05) is 21.8 Å². The third-order valence-electron chi connectivity index (χ3n) is 3.56.